The van der Waals surface area contributed by atoms with Gasteiger partial charge in [-0.15, -0.1) is 11.3 Å². The Kier molecular flexibility index (Phi) is 4.86. The third-order valence-electron chi connectivity index (χ3n) is 4.28. The molecule has 1 N–H and O–H groups in total. The van der Waals surface area contributed by atoms with Gasteiger partial charge in [-0.05, 0) is 36.4 Å². The lowest BCUT2D eigenvalue weighted by Gasteiger charge is -2.09. The van der Waals surface area contributed by atoms with Crippen LogP contribution in [0.1, 0.15) is 20.7 Å². The molecule has 0 saturated carbocycles. The van der Waals surface area contributed by atoms with E-state index in [0.717, 1.165) is 17.0 Å². The van der Waals surface area contributed by atoms with Crippen molar-refractivity contribution in [3.63, 3.8) is 0 Å². The molecule has 7 nitrogen and oxygen atoms in total. The number of fused-ring (bicyclic) bond motifs is 1. The highest BCUT2D eigenvalue weighted by atomic mass is 32.1. The molecule has 1 aliphatic rings. The van der Waals surface area contributed by atoms with Gasteiger partial charge in [-0.3, -0.25) is 19.9 Å². The molecule has 0 unspecified atom stereocenters. The number of carbonyl (C=O) groups excluding carboxylic acids is 2. The summed E-state index contributed by atoms with van der Waals surface area (Å²) in [5, 5.41) is 6.61. The number of hydrazone groups is 1. The summed E-state index contributed by atoms with van der Waals surface area (Å²) >= 11 is 1.41. The first-order valence-corrected chi connectivity index (χ1v) is 9.38. The van der Waals surface area contributed by atoms with Crippen molar-refractivity contribution >= 4 is 34.5 Å². The number of nitrogens with one attached hydrogen (secondary N) is 1. The van der Waals surface area contributed by atoms with E-state index in [1.807, 2.05) is 29.6 Å². The molecule has 0 saturated heterocycles. The average Bonchev–Trinajstić information content (AvgIpc) is 3.30. The first-order chi connectivity index (χ1) is 13.7. The second-order valence-corrected chi connectivity index (χ2v) is 6.81. The number of hydrogen-bond donors (Lipinski definition) is 1. The minimum Gasteiger partial charge on any atom is -0.497 e. The van der Waals surface area contributed by atoms with Crippen molar-refractivity contribution in [2.24, 2.45) is 5.10 Å². The van der Waals surface area contributed by atoms with Gasteiger partial charge in [0, 0.05) is 17.2 Å². The molecule has 4 rings (SSSR count). The Morgan fingerprint density at radius 1 is 1.11 bits per heavy atom. The topological polar surface area (TPSA) is 83.9 Å². The van der Waals surface area contributed by atoms with Crippen LogP contribution in [-0.2, 0) is 0 Å². The van der Waals surface area contributed by atoms with Gasteiger partial charge in [0.1, 0.15) is 5.75 Å². The van der Waals surface area contributed by atoms with Crippen LogP contribution in [0.2, 0.25) is 0 Å². The summed E-state index contributed by atoms with van der Waals surface area (Å²) in [5.41, 5.74) is 5.49. The number of nitrogens with zero attached hydrogens (tertiary/aromatic N) is 3. The summed E-state index contributed by atoms with van der Waals surface area (Å²) in [4.78, 5) is 30.2. The summed E-state index contributed by atoms with van der Waals surface area (Å²) in [5.74, 6) is 0.182. The number of amides is 2. The van der Waals surface area contributed by atoms with Gasteiger partial charge in [0.05, 0.1) is 30.5 Å². The van der Waals surface area contributed by atoms with Crippen LogP contribution in [-0.4, -0.2) is 41.6 Å². The van der Waals surface area contributed by atoms with Gasteiger partial charge < -0.3 is 4.74 Å². The van der Waals surface area contributed by atoms with E-state index in [0.29, 0.717) is 16.3 Å². The highest BCUT2D eigenvalue weighted by Crippen LogP contribution is 2.26. The Labute approximate surface area is 165 Å². The van der Waals surface area contributed by atoms with E-state index >= 15 is 0 Å². The molecule has 2 heterocycles. The quantitative estimate of drug-likeness (QED) is 0.394. The number of benzene rings is 2. The van der Waals surface area contributed by atoms with Crippen molar-refractivity contribution in [1.82, 2.24) is 9.88 Å². The molecule has 0 atom stereocenters. The highest BCUT2D eigenvalue weighted by molar-refractivity contribution is 7.14. The molecule has 2 aromatic carbocycles. The smallest absolute Gasteiger partial charge is 0.261 e. The summed E-state index contributed by atoms with van der Waals surface area (Å²) in [6.45, 7) is 0.0933. The second-order valence-electron chi connectivity index (χ2n) is 5.96. The van der Waals surface area contributed by atoms with Crippen LogP contribution in [0.15, 0.2) is 59.0 Å². The summed E-state index contributed by atoms with van der Waals surface area (Å²) in [7, 11) is 1.62. The number of anilines is 1. The Morgan fingerprint density at radius 3 is 2.43 bits per heavy atom. The minimum absolute atomic E-state index is 0.0933. The van der Waals surface area contributed by atoms with Gasteiger partial charge in [0.2, 0.25) is 5.13 Å². The van der Waals surface area contributed by atoms with E-state index in [2.05, 4.69) is 15.5 Å². The van der Waals surface area contributed by atoms with Crippen molar-refractivity contribution < 1.29 is 14.3 Å². The Bertz CT molecular complexity index is 1020. The maximum atomic E-state index is 12.3. The Hall–Kier alpha value is -3.52. The molecule has 3 aromatic rings. The average molecular weight is 392 g/mol. The predicted molar refractivity (Wildman–Crippen MR) is 108 cm³/mol. The Morgan fingerprint density at radius 2 is 1.79 bits per heavy atom. The maximum Gasteiger partial charge on any atom is 0.261 e. The number of rotatable bonds is 6. The van der Waals surface area contributed by atoms with Crippen molar-refractivity contribution in [2.75, 3.05) is 19.1 Å². The molecule has 0 spiro atoms. The maximum absolute atomic E-state index is 12.3. The van der Waals surface area contributed by atoms with E-state index in [9.17, 15) is 9.59 Å². The van der Waals surface area contributed by atoms with Gasteiger partial charge in [-0.2, -0.15) is 5.10 Å². The van der Waals surface area contributed by atoms with Crippen LogP contribution in [0.5, 0.6) is 5.75 Å². The van der Waals surface area contributed by atoms with Gasteiger partial charge in [-0.1, -0.05) is 12.1 Å². The van der Waals surface area contributed by atoms with E-state index in [4.69, 9.17) is 4.74 Å². The van der Waals surface area contributed by atoms with Gasteiger partial charge in [0.25, 0.3) is 11.8 Å². The molecule has 0 aliphatic carbocycles. The van der Waals surface area contributed by atoms with Gasteiger partial charge in [-0.25, -0.2) is 4.98 Å². The lowest BCUT2D eigenvalue weighted by Crippen LogP contribution is -2.31. The molecule has 1 aromatic heterocycles. The third kappa shape index (κ3) is 3.37. The SMILES string of the molecule is COc1ccc(-c2csc(N/N=C/CN3C(=O)c4ccccc4C3=O)n2)cc1. The molecule has 140 valence electrons. The third-order valence-corrected chi connectivity index (χ3v) is 5.03. The van der Waals surface area contributed by atoms with E-state index in [-0.39, 0.29) is 18.4 Å². The van der Waals surface area contributed by atoms with Crippen LogP contribution in [0.4, 0.5) is 5.13 Å². The molecule has 8 heteroatoms. The molecule has 1 aliphatic heterocycles. The number of hydrogen-bond acceptors (Lipinski definition) is 7. The molecule has 2 amide bonds. The van der Waals surface area contributed by atoms with E-state index < -0.39 is 0 Å². The number of carbonyl (C=O) groups is 2. The summed E-state index contributed by atoms with van der Waals surface area (Å²) in [6.07, 6.45) is 1.48. The minimum atomic E-state index is -0.303. The molecule has 0 fully saturated rings. The zero-order chi connectivity index (χ0) is 19.5. The zero-order valence-corrected chi connectivity index (χ0v) is 15.8. The predicted octanol–water partition coefficient (Wildman–Crippen LogP) is 3.51. The van der Waals surface area contributed by atoms with E-state index in [1.165, 1.54) is 22.5 Å². The summed E-state index contributed by atoms with van der Waals surface area (Å²) in [6, 6.07) is 14.4. The molecular weight excluding hydrogens is 376 g/mol. The second kappa shape index (κ2) is 7.61. The fourth-order valence-corrected chi connectivity index (χ4v) is 3.52. The van der Waals surface area contributed by atoms with Crippen molar-refractivity contribution in [1.29, 1.82) is 0 Å². The zero-order valence-electron chi connectivity index (χ0n) is 15.0. The number of imide groups is 1. The van der Waals surface area contributed by atoms with Crippen molar-refractivity contribution in [3.05, 3.63) is 65.0 Å². The lowest BCUT2D eigenvalue weighted by atomic mass is 10.1. The number of ether oxygens (including phenoxy) is 1. The largest absolute Gasteiger partial charge is 0.497 e. The van der Waals surface area contributed by atoms with Crippen molar-refractivity contribution in [3.8, 4) is 17.0 Å². The van der Waals surface area contributed by atoms with Crippen LogP contribution in [0.3, 0.4) is 0 Å². The fraction of sp³-hybridized carbons (Fsp3) is 0.100. The van der Waals surface area contributed by atoms with E-state index in [1.54, 1.807) is 31.4 Å². The van der Waals surface area contributed by atoms with Crippen LogP contribution in [0, 0.1) is 0 Å². The first kappa shape index (κ1) is 17.9. The Balaban J connectivity index is 1.36. The standard InChI is InChI=1S/C20H16N4O3S/c1-27-14-8-6-13(7-9-14)17-12-28-20(22-17)23-21-10-11-24-18(25)15-4-2-3-5-16(15)19(24)26/h2-10,12H,11H2,1H3,(H,22,23)/b21-10+. The summed E-state index contributed by atoms with van der Waals surface area (Å²) < 4.78 is 5.15. The molecule has 0 bridgehead atoms. The number of thiazole rings is 1. The van der Waals surface area contributed by atoms with Crippen LogP contribution in [0.25, 0.3) is 11.3 Å². The molecular formula is C20H16N4O3S. The van der Waals surface area contributed by atoms with Gasteiger partial charge in [0.15, 0.2) is 0 Å². The number of methoxy groups -OCH3 is 1. The first-order valence-electron chi connectivity index (χ1n) is 8.50. The highest BCUT2D eigenvalue weighted by Gasteiger charge is 2.34. The lowest BCUT2D eigenvalue weighted by molar-refractivity contribution is 0.0679. The normalized spacial score (nSPS) is 13.2. The van der Waals surface area contributed by atoms with Crippen LogP contribution >= 0.6 is 11.3 Å². The molecule has 0 radical (unpaired) electrons. The monoisotopic (exact) mass is 392 g/mol. The van der Waals surface area contributed by atoms with Crippen molar-refractivity contribution in [2.45, 2.75) is 0 Å². The fourth-order valence-electron chi connectivity index (χ4n) is 2.85. The van der Waals surface area contributed by atoms with Crippen LogP contribution < -0.4 is 10.2 Å². The molecule has 28 heavy (non-hydrogen) atoms. The number of aromatic nitrogens is 1. The van der Waals surface area contributed by atoms with Gasteiger partial charge >= 0.3 is 0 Å².